The number of amides is 2. The molecule has 8 heterocycles. The minimum atomic E-state index is -1.18. The molecule has 4 fully saturated rings. The molecular weight excluding hydrogens is 1080 g/mol. The zero-order valence-corrected chi connectivity index (χ0v) is 46.9. The maximum Gasteiger partial charge on any atom is 0.315 e. The van der Waals surface area contributed by atoms with Crippen LogP contribution in [0, 0.1) is 0 Å². The minimum Gasteiger partial charge on any atom is -0.390 e. The monoisotopic (exact) mass is 1160 g/mol. The molecule has 0 spiro atoms. The van der Waals surface area contributed by atoms with Crippen molar-refractivity contribution in [1.29, 1.82) is 0 Å². The van der Waals surface area contributed by atoms with E-state index >= 15 is 0 Å². The molecule has 8 aromatic heterocycles. The van der Waals surface area contributed by atoms with E-state index in [1.807, 2.05) is 34.2 Å². The van der Waals surface area contributed by atoms with Gasteiger partial charge in [0.05, 0.1) is 74.4 Å². The molecule has 8 aromatic rings. The second kappa shape index (κ2) is 24.7. The molecule has 2 amide bonds. The van der Waals surface area contributed by atoms with Crippen LogP contribution in [-0.4, -0.2) is 186 Å². The van der Waals surface area contributed by atoms with Crippen LogP contribution in [0.15, 0.2) is 50.1 Å². The van der Waals surface area contributed by atoms with Crippen molar-refractivity contribution in [3.05, 3.63) is 72.9 Å². The summed E-state index contributed by atoms with van der Waals surface area (Å²) in [6, 6.07) is -2.73. The summed E-state index contributed by atoms with van der Waals surface area (Å²) in [4.78, 5) is 54.4. The maximum atomic E-state index is 13.6. The van der Waals surface area contributed by atoms with E-state index < -0.39 is 48.6 Å². The number of aryl methyl sites for hydroxylation is 2. The molecule has 448 valence electrons. The number of urea groups is 1. The van der Waals surface area contributed by atoms with E-state index in [9.17, 15) is 35.4 Å². The highest BCUT2D eigenvalue weighted by Crippen LogP contribution is 2.42. The van der Waals surface area contributed by atoms with Crippen LogP contribution in [0.25, 0.3) is 22.3 Å². The van der Waals surface area contributed by atoms with Gasteiger partial charge in [-0.3, -0.25) is 0 Å². The number of nitrogens with one attached hydrogen (secondary N) is 6. The van der Waals surface area contributed by atoms with Gasteiger partial charge in [0.2, 0.25) is 11.9 Å². The largest absolute Gasteiger partial charge is 0.390 e. The van der Waals surface area contributed by atoms with Gasteiger partial charge in [-0.25, -0.2) is 24.7 Å². The van der Waals surface area contributed by atoms with Gasteiger partial charge in [-0.1, -0.05) is 0 Å². The number of aliphatic hydroxyl groups is 6. The van der Waals surface area contributed by atoms with Gasteiger partial charge in [0.25, 0.3) is 0 Å². The van der Waals surface area contributed by atoms with Gasteiger partial charge in [0, 0.05) is 75.6 Å². The van der Waals surface area contributed by atoms with E-state index in [2.05, 4.69) is 76.1 Å². The summed E-state index contributed by atoms with van der Waals surface area (Å²) in [5.41, 5.74) is 4.58. The van der Waals surface area contributed by atoms with Crippen molar-refractivity contribution >= 4 is 51.9 Å². The van der Waals surface area contributed by atoms with Crippen molar-refractivity contribution in [3.63, 3.8) is 0 Å². The predicted molar refractivity (Wildman–Crippen MR) is 303 cm³/mol. The normalized spacial score (nSPS) is 26.3. The fourth-order valence-electron chi connectivity index (χ4n) is 12.3. The number of carbonyl (C=O) groups excluding carboxylic acids is 1. The summed E-state index contributed by atoms with van der Waals surface area (Å²) in [5.74, 6) is 1.81. The van der Waals surface area contributed by atoms with Crippen LogP contribution < -0.4 is 31.9 Å². The van der Waals surface area contributed by atoms with Gasteiger partial charge in [-0.05, 0) is 78.1 Å². The average molecular weight is 1160 g/mol. The Morgan fingerprint density at radius 2 is 0.929 bits per heavy atom. The first-order valence-corrected chi connectivity index (χ1v) is 29.3. The smallest absolute Gasteiger partial charge is 0.315 e. The van der Waals surface area contributed by atoms with Crippen LogP contribution in [0.5, 0.6) is 0 Å². The maximum absolute atomic E-state index is 13.6. The van der Waals surface area contributed by atoms with E-state index in [0.29, 0.717) is 83.2 Å². The Balaban J connectivity index is 0.664. The zero-order valence-electron chi connectivity index (χ0n) is 46.9. The van der Waals surface area contributed by atoms with Crippen molar-refractivity contribution in [1.82, 2.24) is 98.8 Å². The molecule has 0 saturated heterocycles. The van der Waals surface area contributed by atoms with E-state index in [-0.39, 0.29) is 56.3 Å². The quantitative estimate of drug-likeness (QED) is 0.0453. The fraction of sp³-hybridized carbons (Fsp3) is 0.604. The fourth-order valence-corrected chi connectivity index (χ4v) is 12.3. The lowest BCUT2D eigenvalue weighted by Crippen LogP contribution is -2.49. The van der Waals surface area contributed by atoms with E-state index in [1.54, 1.807) is 21.8 Å². The van der Waals surface area contributed by atoms with Crippen molar-refractivity contribution in [3.8, 4) is 0 Å². The standard InChI is InChI=1S/C53H74N24O7/c1-3-72-21-33(56-25-72)13-15-54-51-66-47(41-49(68-51)74(27-58-41)37-17-39(45(82)43(37)80)76-60-19-35(23-78)70-76)62-29-5-9-31(10-6-29)64-53(84)65-32-11-7-30(8-12-32)63-48-42-50(69-52(67-48)55-16-14-34-22-73(4-2)26-57-34)75(28-59-42)38-18-40(46(83)44(38)81)77-61-20-36(24-79)71-77/h19-22,25-32,37-40,43-46,78-83H,3-18,23-24H2,1-2H3,(H2,64,65,84)(H2,54,62,66,68)(H2,55,63,67,69)/t29-,30-,31-,32-,37-,38-,39+,40+,43+,44+,45-,46-/m1/s1. The molecule has 12 N–H and O–H groups in total. The topological polar surface area (TPSA) is 395 Å². The van der Waals surface area contributed by atoms with Crippen LogP contribution in [0.2, 0.25) is 0 Å². The number of aromatic nitrogens is 18. The first kappa shape index (κ1) is 56.5. The number of carbonyl (C=O) groups is 1. The van der Waals surface area contributed by atoms with Gasteiger partial charge in [-0.2, -0.15) is 49.9 Å². The third-order valence-corrected chi connectivity index (χ3v) is 17.1. The molecule has 31 nitrogen and oxygen atoms in total. The number of anilines is 4. The Kier molecular flexibility index (Phi) is 16.6. The molecule has 8 atom stereocenters. The number of hydrogen-bond acceptors (Lipinski definition) is 23. The summed E-state index contributed by atoms with van der Waals surface area (Å²) in [5, 5.41) is 102. The van der Waals surface area contributed by atoms with Gasteiger partial charge in [0.15, 0.2) is 34.0 Å². The lowest BCUT2D eigenvalue weighted by atomic mass is 9.90. The van der Waals surface area contributed by atoms with Gasteiger partial charge in [-0.15, -0.1) is 0 Å². The average Bonchev–Trinajstić information content (AvgIpc) is 2.68. The van der Waals surface area contributed by atoms with Crippen LogP contribution in [0.4, 0.5) is 28.3 Å². The van der Waals surface area contributed by atoms with Crippen LogP contribution in [-0.2, 0) is 39.1 Å². The molecule has 12 rings (SSSR count). The molecule has 84 heavy (non-hydrogen) atoms. The third-order valence-electron chi connectivity index (χ3n) is 17.1. The van der Waals surface area contributed by atoms with Crippen molar-refractivity contribution < 1.29 is 35.4 Å². The first-order valence-electron chi connectivity index (χ1n) is 29.3. The molecule has 4 aliphatic carbocycles. The molecule has 31 heteroatoms. The Morgan fingerprint density at radius 1 is 0.524 bits per heavy atom. The van der Waals surface area contributed by atoms with Gasteiger partial charge < -0.3 is 80.8 Å². The third kappa shape index (κ3) is 11.9. The highest BCUT2D eigenvalue weighted by Gasteiger charge is 2.47. The molecule has 0 bridgehead atoms. The number of nitrogens with zero attached hydrogens (tertiary/aromatic N) is 18. The zero-order chi connectivity index (χ0) is 58.0. The first-order chi connectivity index (χ1) is 40.9. The van der Waals surface area contributed by atoms with Crippen molar-refractivity contribution in [2.24, 2.45) is 0 Å². The van der Waals surface area contributed by atoms with Crippen LogP contribution >= 0.6 is 0 Å². The van der Waals surface area contributed by atoms with E-state index in [4.69, 9.17) is 29.9 Å². The summed E-state index contributed by atoms with van der Waals surface area (Å²) in [7, 11) is 0. The minimum absolute atomic E-state index is 0.0207. The molecule has 0 aromatic carbocycles. The lowest BCUT2D eigenvalue weighted by Gasteiger charge is -2.32. The van der Waals surface area contributed by atoms with Crippen molar-refractivity contribution in [2.45, 2.75) is 190 Å². The van der Waals surface area contributed by atoms with Crippen LogP contribution in [0.3, 0.4) is 0 Å². The van der Waals surface area contributed by atoms with E-state index in [1.165, 1.54) is 22.0 Å². The highest BCUT2D eigenvalue weighted by atomic mass is 16.3. The Morgan fingerprint density at radius 3 is 1.31 bits per heavy atom. The molecule has 0 aliphatic heterocycles. The Labute approximate surface area is 481 Å². The summed E-state index contributed by atoms with van der Waals surface area (Å²) >= 11 is 0. The number of imidazole rings is 4. The second-order valence-corrected chi connectivity index (χ2v) is 22.5. The Hall–Kier alpha value is -7.97. The molecule has 0 radical (unpaired) electrons. The molecule has 4 saturated carbocycles. The predicted octanol–water partition coefficient (Wildman–Crippen LogP) is 1.14. The molecule has 4 aliphatic rings. The Bertz CT molecular complexity index is 3280. The second-order valence-electron chi connectivity index (χ2n) is 22.5. The van der Waals surface area contributed by atoms with E-state index in [0.717, 1.165) is 75.8 Å². The number of aliphatic hydroxyl groups excluding tert-OH is 6. The number of hydrogen-bond donors (Lipinski definition) is 12. The number of fused-ring (bicyclic) bond motifs is 2. The summed E-state index contributed by atoms with van der Waals surface area (Å²) in [6.45, 7) is 6.20. The highest BCUT2D eigenvalue weighted by molar-refractivity contribution is 5.85. The van der Waals surface area contributed by atoms with Gasteiger partial charge in [0.1, 0.15) is 47.9 Å². The van der Waals surface area contributed by atoms with Crippen molar-refractivity contribution in [2.75, 3.05) is 34.4 Å². The number of rotatable bonds is 22. The SMILES string of the molecule is CCn1cnc(CCNc2nc(N[C@H]3CC[C@H](NC(=O)N[C@H]4CC[C@H](Nc5nc(NCCc6cn(CC)cn6)nc6c5ncn6[C@@H]5C[C@H](n6ncc(CO)n6)[C@@H](O)[C@H]5O)CC4)CC3)c3ncn([C@@H]4C[C@H](n5ncc(CO)n5)[C@@H](O)[C@H]4O)c3n2)c1. The van der Waals surface area contributed by atoms with Gasteiger partial charge >= 0.3 is 6.03 Å². The summed E-state index contributed by atoms with van der Waals surface area (Å²) < 4.78 is 7.60. The molecule has 0 unspecified atom stereocenters. The van der Waals surface area contributed by atoms with Crippen LogP contribution in [0.1, 0.15) is 125 Å². The molecular formula is C53H74N24O7. The lowest BCUT2D eigenvalue weighted by molar-refractivity contribution is 0.00491. The summed E-state index contributed by atoms with van der Waals surface area (Å²) in [6.07, 6.45) is 16.9.